The number of ether oxygens (including phenoxy) is 1. The lowest BCUT2D eigenvalue weighted by molar-refractivity contribution is 0.270. The monoisotopic (exact) mass is 287 g/mol. The zero-order valence-electron chi connectivity index (χ0n) is 11.3. The molecule has 1 aromatic carbocycles. The molecule has 0 heterocycles. The molecule has 1 aromatic rings. The van der Waals surface area contributed by atoms with Gasteiger partial charge in [0.05, 0.1) is 17.8 Å². The Kier molecular flexibility index (Phi) is 6.27. The summed E-state index contributed by atoms with van der Waals surface area (Å²) in [6.45, 7) is 2.54. The molecular weight excluding hydrogens is 266 g/mol. The molecule has 0 aliphatic heterocycles. The molecule has 19 heavy (non-hydrogen) atoms. The number of rotatable bonds is 8. The van der Waals surface area contributed by atoms with Crippen molar-refractivity contribution >= 4 is 9.84 Å². The number of methoxy groups -OCH3 is 1. The maximum Gasteiger partial charge on any atom is 0.179 e. The van der Waals surface area contributed by atoms with Crippen LogP contribution in [0, 0.1) is 0 Å². The Morgan fingerprint density at radius 1 is 1.32 bits per heavy atom. The Bertz CT molecular complexity index is 464. The molecule has 2 N–H and O–H groups in total. The van der Waals surface area contributed by atoms with E-state index in [1.165, 1.54) is 19.2 Å². The molecule has 1 atom stereocenters. The summed E-state index contributed by atoms with van der Waals surface area (Å²) in [5, 5.41) is 12.0. The van der Waals surface area contributed by atoms with Gasteiger partial charge in [0.15, 0.2) is 9.84 Å². The molecule has 0 amide bonds. The van der Waals surface area contributed by atoms with Crippen molar-refractivity contribution in [3.63, 3.8) is 0 Å². The van der Waals surface area contributed by atoms with E-state index in [1.807, 2.05) is 6.92 Å². The van der Waals surface area contributed by atoms with Gasteiger partial charge in [0.25, 0.3) is 0 Å². The smallest absolute Gasteiger partial charge is 0.179 e. The first-order valence-electron chi connectivity index (χ1n) is 6.24. The van der Waals surface area contributed by atoms with Gasteiger partial charge < -0.3 is 15.2 Å². The van der Waals surface area contributed by atoms with Gasteiger partial charge in [-0.15, -0.1) is 0 Å². The highest BCUT2D eigenvalue weighted by Crippen LogP contribution is 2.17. The predicted octanol–water partition coefficient (Wildman–Crippen LogP) is 0.829. The molecule has 1 unspecified atom stereocenters. The summed E-state index contributed by atoms with van der Waals surface area (Å²) in [7, 11) is -1.82. The third kappa shape index (κ3) is 4.81. The van der Waals surface area contributed by atoms with Crippen LogP contribution >= 0.6 is 0 Å². The summed E-state index contributed by atoms with van der Waals surface area (Å²) >= 11 is 0. The molecule has 108 valence electrons. The average molecular weight is 287 g/mol. The van der Waals surface area contributed by atoms with Crippen LogP contribution in [0.2, 0.25) is 0 Å². The van der Waals surface area contributed by atoms with E-state index < -0.39 is 9.84 Å². The summed E-state index contributed by atoms with van der Waals surface area (Å²) in [6, 6.07) is 6.09. The van der Waals surface area contributed by atoms with Gasteiger partial charge in [-0.1, -0.05) is 6.92 Å². The predicted molar refractivity (Wildman–Crippen MR) is 74.2 cm³/mol. The minimum atomic E-state index is -3.36. The van der Waals surface area contributed by atoms with Gasteiger partial charge >= 0.3 is 0 Å². The van der Waals surface area contributed by atoms with Crippen molar-refractivity contribution in [2.75, 3.05) is 26.0 Å². The molecule has 6 heteroatoms. The quantitative estimate of drug-likeness (QED) is 0.740. The van der Waals surface area contributed by atoms with Crippen molar-refractivity contribution in [2.45, 2.75) is 24.3 Å². The topological polar surface area (TPSA) is 75.6 Å². The Balaban J connectivity index is 2.83. The van der Waals surface area contributed by atoms with Gasteiger partial charge in [0.1, 0.15) is 5.75 Å². The SMILES string of the molecule is CCNC(CCO)CS(=O)(=O)c1ccc(OC)cc1. The molecule has 0 bridgehead atoms. The number of sulfone groups is 1. The Morgan fingerprint density at radius 3 is 2.42 bits per heavy atom. The van der Waals surface area contributed by atoms with Crippen LogP contribution in [0.25, 0.3) is 0 Å². The van der Waals surface area contributed by atoms with Gasteiger partial charge in [-0.3, -0.25) is 0 Å². The highest BCUT2D eigenvalue weighted by Gasteiger charge is 2.20. The van der Waals surface area contributed by atoms with Crippen LogP contribution in [0.4, 0.5) is 0 Å². The van der Waals surface area contributed by atoms with Crippen LogP contribution in [-0.2, 0) is 9.84 Å². The molecule has 0 spiro atoms. The number of hydrogen-bond donors (Lipinski definition) is 2. The van der Waals surface area contributed by atoms with Crippen molar-refractivity contribution in [1.82, 2.24) is 5.32 Å². The fourth-order valence-electron chi connectivity index (χ4n) is 1.83. The largest absolute Gasteiger partial charge is 0.497 e. The van der Waals surface area contributed by atoms with E-state index in [1.54, 1.807) is 12.1 Å². The lowest BCUT2D eigenvalue weighted by Crippen LogP contribution is -2.36. The number of aliphatic hydroxyl groups is 1. The molecule has 0 saturated heterocycles. The standard InChI is InChI=1S/C13H21NO4S/c1-3-14-11(8-9-15)10-19(16,17)13-6-4-12(18-2)5-7-13/h4-7,11,14-15H,3,8-10H2,1-2H3. The van der Waals surface area contributed by atoms with Crippen LogP contribution < -0.4 is 10.1 Å². The number of aliphatic hydroxyl groups excluding tert-OH is 1. The van der Waals surface area contributed by atoms with Crippen LogP contribution in [0.1, 0.15) is 13.3 Å². The van der Waals surface area contributed by atoms with Crippen molar-refractivity contribution in [3.8, 4) is 5.75 Å². The molecule has 0 aliphatic carbocycles. The second-order valence-corrected chi connectivity index (χ2v) is 6.26. The van der Waals surface area contributed by atoms with E-state index in [4.69, 9.17) is 9.84 Å². The maximum atomic E-state index is 12.2. The third-order valence-electron chi connectivity index (χ3n) is 2.81. The maximum absolute atomic E-state index is 12.2. The third-order valence-corrected chi connectivity index (χ3v) is 4.64. The molecule has 0 radical (unpaired) electrons. The molecule has 0 saturated carbocycles. The van der Waals surface area contributed by atoms with E-state index in [0.29, 0.717) is 18.7 Å². The summed E-state index contributed by atoms with van der Waals surface area (Å²) in [6.07, 6.45) is 0.420. The summed E-state index contributed by atoms with van der Waals surface area (Å²) in [5.74, 6) is 0.603. The zero-order chi connectivity index (χ0) is 14.3. The summed E-state index contributed by atoms with van der Waals surface area (Å²) in [4.78, 5) is 0.272. The van der Waals surface area contributed by atoms with E-state index in [2.05, 4.69) is 5.32 Å². The minimum Gasteiger partial charge on any atom is -0.497 e. The van der Waals surface area contributed by atoms with Gasteiger partial charge in [-0.2, -0.15) is 0 Å². The molecular formula is C13H21NO4S. The fourth-order valence-corrected chi connectivity index (χ4v) is 3.39. The van der Waals surface area contributed by atoms with Crippen molar-refractivity contribution in [1.29, 1.82) is 0 Å². The summed E-state index contributed by atoms with van der Waals surface area (Å²) < 4.78 is 29.5. The van der Waals surface area contributed by atoms with Crippen LogP contribution in [0.15, 0.2) is 29.2 Å². The van der Waals surface area contributed by atoms with Gasteiger partial charge in [0, 0.05) is 12.6 Å². The first-order valence-corrected chi connectivity index (χ1v) is 7.89. The Morgan fingerprint density at radius 2 is 1.95 bits per heavy atom. The van der Waals surface area contributed by atoms with Crippen LogP contribution in [0.5, 0.6) is 5.75 Å². The van der Waals surface area contributed by atoms with E-state index in [9.17, 15) is 8.42 Å². The van der Waals surface area contributed by atoms with E-state index >= 15 is 0 Å². The number of nitrogens with one attached hydrogen (secondary N) is 1. The van der Waals surface area contributed by atoms with E-state index in [-0.39, 0.29) is 23.3 Å². The average Bonchev–Trinajstić information content (AvgIpc) is 2.39. The number of hydrogen-bond acceptors (Lipinski definition) is 5. The second kappa shape index (κ2) is 7.47. The first-order chi connectivity index (χ1) is 9.03. The van der Waals surface area contributed by atoms with Crippen LogP contribution in [0.3, 0.4) is 0 Å². The van der Waals surface area contributed by atoms with E-state index in [0.717, 1.165) is 0 Å². The zero-order valence-corrected chi connectivity index (χ0v) is 12.1. The van der Waals surface area contributed by atoms with Crippen molar-refractivity contribution in [2.24, 2.45) is 0 Å². The summed E-state index contributed by atoms with van der Waals surface area (Å²) in [5.41, 5.74) is 0. The highest BCUT2D eigenvalue weighted by molar-refractivity contribution is 7.91. The Labute approximate surface area is 114 Å². The molecule has 1 rings (SSSR count). The highest BCUT2D eigenvalue weighted by atomic mass is 32.2. The van der Waals surface area contributed by atoms with Crippen LogP contribution in [-0.4, -0.2) is 45.6 Å². The first kappa shape index (κ1) is 15.9. The molecule has 5 nitrogen and oxygen atoms in total. The lowest BCUT2D eigenvalue weighted by Gasteiger charge is -2.16. The normalized spacial score (nSPS) is 13.2. The molecule has 0 fully saturated rings. The van der Waals surface area contributed by atoms with Gasteiger partial charge in [-0.25, -0.2) is 8.42 Å². The fraction of sp³-hybridized carbons (Fsp3) is 0.538. The number of benzene rings is 1. The second-order valence-electron chi connectivity index (χ2n) is 4.22. The minimum absolute atomic E-state index is 0.0201. The Hall–Kier alpha value is -1.11. The van der Waals surface area contributed by atoms with Gasteiger partial charge in [-0.05, 0) is 37.2 Å². The van der Waals surface area contributed by atoms with Crippen molar-refractivity contribution in [3.05, 3.63) is 24.3 Å². The molecule has 0 aliphatic rings. The molecule has 0 aromatic heterocycles. The van der Waals surface area contributed by atoms with Gasteiger partial charge in [0.2, 0.25) is 0 Å². The lowest BCUT2D eigenvalue weighted by atomic mass is 10.2. The van der Waals surface area contributed by atoms with Crippen molar-refractivity contribution < 1.29 is 18.3 Å².